The molecule has 0 radical (unpaired) electrons. The second-order valence-corrected chi connectivity index (χ2v) is 2.87. The highest BCUT2D eigenvalue weighted by Crippen LogP contribution is 2.29. The summed E-state index contributed by atoms with van der Waals surface area (Å²) in [5.74, 6) is 0.791. The largest absolute Gasteiger partial charge is 0.397 e. The van der Waals surface area contributed by atoms with Gasteiger partial charge in [0.05, 0.1) is 11.9 Å². The third-order valence-electron chi connectivity index (χ3n) is 1.96. The molecule has 0 saturated carbocycles. The molecule has 0 aromatic carbocycles. The number of nitrogens with one attached hydrogen (secondary N) is 1. The van der Waals surface area contributed by atoms with E-state index in [0.717, 1.165) is 11.4 Å². The maximum absolute atomic E-state index is 5.83. The number of nitrogen functional groups attached to an aromatic ring is 1. The van der Waals surface area contributed by atoms with Crippen LogP contribution >= 0.6 is 0 Å². The minimum Gasteiger partial charge on any atom is -0.397 e. The predicted octanol–water partition coefficient (Wildman–Crippen LogP) is -0.107. The molecule has 1 unspecified atom stereocenters. The molecule has 2 rings (SSSR count). The van der Waals surface area contributed by atoms with Crippen LogP contribution in [0.3, 0.4) is 0 Å². The first-order chi connectivity index (χ1) is 5.68. The molecule has 1 aliphatic rings. The Kier molecular flexibility index (Phi) is 1.42. The van der Waals surface area contributed by atoms with Gasteiger partial charge in [-0.05, 0) is 6.07 Å². The number of pyridine rings is 1. The summed E-state index contributed by atoms with van der Waals surface area (Å²) in [6, 6.07) is 1.84. The summed E-state index contributed by atoms with van der Waals surface area (Å²) in [4.78, 5) is 4.10. The third-order valence-corrected chi connectivity index (χ3v) is 1.96. The number of fused-ring (bicyclic) bond motifs is 1. The highest BCUT2D eigenvalue weighted by Gasteiger charge is 2.24. The molecule has 64 valence electrons. The molecule has 0 saturated heterocycles. The molecule has 12 heavy (non-hydrogen) atoms. The van der Waals surface area contributed by atoms with Crippen LogP contribution in [0.5, 0.6) is 0 Å². The van der Waals surface area contributed by atoms with Gasteiger partial charge in [0.2, 0.25) is 0 Å². The zero-order chi connectivity index (χ0) is 8.72. The molecular weight excluding hydrogens is 154 g/mol. The molecule has 0 fully saturated rings. The van der Waals surface area contributed by atoms with Gasteiger partial charge in [0.15, 0.2) is 0 Å². The summed E-state index contributed by atoms with van der Waals surface area (Å²) < 4.78 is 0. The van der Waals surface area contributed by atoms with Gasteiger partial charge in [-0.3, -0.25) is 0 Å². The van der Waals surface area contributed by atoms with Crippen LogP contribution in [0, 0.1) is 0 Å². The molecule has 0 amide bonds. The van der Waals surface area contributed by atoms with Gasteiger partial charge < -0.3 is 16.9 Å². The van der Waals surface area contributed by atoms with Gasteiger partial charge in [-0.2, -0.15) is 0 Å². The maximum atomic E-state index is 5.83. The number of nitrogens with two attached hydrogens (primary N) is 2. The number of aromatic nitrogens is 1. The van der Waals surface area contributed by atoms with E-state index in [1.165, 1.54) is 0 Å². The van der Waals surface area contributed by atoms with Crippen molar-refractivity contribution < 1.29 is 0 Å². The van der Waals surface area contributed by atoms with E-state index in [1.807, 2.05) is 13.1 Å². The monoisotopic (exact) mass is 165 g/mol. The summed E-state index contributed by atoms with van der Waals surface area (Å²) >= 11 is 0. The molecule has 1 atom stereocenters. The summed E-state index contributed by atoms with van der Waals surface area (Å²) in [5.41, 5.74) is 16.0. The fourth-order valence-corrected chi connectivity index (χ4v) is 1.26. The van der Waals surface area contributed by atoms with Crippen molar-refractivity contribution in [1.29, 1.82) is 0 Å². The Bertz CT molecular complexity index is 311. The second kappa shape index (κ2) is 2.33. The predicted molar refractivity (Wildman–Crippen MR) is 47.0 cm³/mol. The van der Waals surface area contributed by atoms with Crippen molar-refractivity contribution in [3.05, 3.63) is 17.8 Å². The smallest absolute Gasteiger partial charge is 0.146 e. The molecular formula is C7H11N5. The summed E-state index contributed by atoms with van der Waals surface area (Å²) in [5, 5.41) is 1.79. The van der Waals surface area contributed by atoms with E-state index in [0.29, 0.717) is 5.69 Å². The highest BCUT2D eigenvalue weighted by molar-refractivity contribution is 5.55. The normalized spacial score (nSPS) is 22.0. The molecule has 0 aliphatic carbocycles. The van der Waals surface area contributed by atoms with Crippen LogP contribution in [-0.2, 0) is 0 Å². The maximum Gasteiger partial charge on any atom is 0.146 e. The van der Waals surface area contributed by atoms with Gasteiger partial charge in [-0.1, -0.05) is 0 Å². The first-order valence-corrected chi connectivity index (χ1v) is 3.69. The van der Waals surface area contributed by atoms with Gasteiger partial charge in [0, 0.05) is 12.6 Å². The lowest BCUT2D eigenvalue weighted by atomic mass is 10.2. The number of hydrazine groups is 1. The second-order valence-electron chi connectivity index (χ2n) is 2.87. The Hall–Kier alpha value is -1.33. The summed E-state index contributed by atoms with van der Waals surface area (Å²) in [6.45, 7) is 0. The fourth-order valence-electron chi connectivity index (χ4n) is 1.26. The van der Waals surface area contributed by atoms with Crippen molar-refractivity contribution in [2.75, 3.05) is 18.2 Å². The van der Waals surface area contributed by atoms with E-state index in [-0.39, 0.29) is 6.17 Å². The van der Waals surface area contributed by atoms with E-state index in [1.54, 1.807) is 11.2 Å². The Labute approximate surface area is 70.3 Å². The molecule has 0 spiro atoms. The van der Waals surface area contributed by atoms with E-state index in [2.05, 4.69) is 10.4 Å². The number of anilines is 2. The van der Waals surface area contributed by atoms with Crippen molar-refractivity contribution in [1.82, 2.24) is 9.99 Å². The Morgan fingerprint density at radius 3 is 3.17 bits per heavy atom. The Morgan fingerprint density at radius 1 is 1.67 bits per heavy atom. The van der Waals surface area contributed by atoms with Gasteiger partial charge in [0.1, 0.15) is 12.0 Å². The molecule has 1 aromatic rings. The van der Waals surface area contributed by atoms with E-state index in [9.17, 15) is 0 Å². The van der Waals surface area contributed by atoms with Crippen LogP contribution < -0.4 is 16.9 Å². The Morgan fingerprint density at radius 2 is 2.42 bits per heavy atom. The van der Waals surface area contributed by atoms with Crippen LogP contribution in [0.4, 0.5) is 11.5 Å². The molecule has 5 heteroatoms. The molecule has 2 heterocycles. The lowest BCUT2D eigenvalue weighted by Gasteiger charge is -2.13. The topological polar surface area (TPSA) is 80.2 Å². The van der Waals surface area contributed by atoms with Crippen molar-refractivity contribution in [2.24, 2.45) is 5.73 Å². The van der Waals surface area contributed by atoms with E-state index < -0.39 is 0 Å². The number of rotatable bonds is 0. The van der Waals surface area contributed by atoms with Crippen molar-refractivity contribution >= 4 is 11.5 Å². The molecule has 5 nitrogen and oxygen atoms in total. The average molecular weight is 165 g/mol. The fraction of sp³-hybridized carbons (Fsp3) is 0.286. The highest BCUT2D eigenvalue weighted by atomic mass is 15.6. The quantitative estimate of drug-likeness (QED) is 0.500. The molecule has 1 aliphatic heterocycles. The van der Waals surface area contributed by atoms with E-state index in [4.69, 9.17) is 11.5 Å². The van der Waals surface area contributed by atoms with Gasteiger partial charge in [-0.15, -0.1) is 0 Å². The summed E-state index contributed by atoms with van der Waals surface area (Å²) in [6.07, 6.45) is 1.45. The lowest BCUT2D eigenvalue weighted by molar-refractivity contribution is 0.328. The van der Waals surface area contributed by atoms with Crippen molar-refractivity contribution in [3.63, 3.8) is 0 Å². The van der Waals surface area contributed by atoms with Gasteiger partial charge in [-0.25, -0.2) is 9.99 Å². The zero-order valence-electron chi connectivity index (χ0n) is 6.78. The first-order valence-electron chi connectivity index (χ1n) is 3.69. The van der Waals surface area contributed by atoms with Crippen LogP contribution in [0.1, 0.15) is 11.7 Å². The SMILES string of the molecule is CN1Nc2ncc(N)cc2C1N. The number of hydrogen-bond acceptors (Lipinski definition) is 5. The van der Waals surface area contributed by atoms with Crippen LogP contribution in [0.25, 0.3) is 0 Å². The zero-order valence-corrected chi connectivity index (χ0v) is 6.78. The number of hydrogen-bond donors (Lipinski definition) is 3. The molecule has 0 bridgehead atoms. The summed E-state index contributed by atoms with van der Waals surface area (Å²) in [7, 11) is 1.86. The lowest BCUT2D eigenvalue weighted by Crippen LogP contribution is -2.28. The standard InChI is InChI=1S/C7H11N5/c1-12-6(9)5-2-4(8)3-10-7(5)11-12/h2-3,6H,8-9H2,1H3,(H,10,11). The van der Waals surface area contributed by atoms with Crippen molar-refractivity contribution in [2.45, 2.75) is 6.17 Å². The van der Waals surface area contributed by atoms with Crippen LogP contribution in [0.15, 0.2) is 12.3 Å². The third kappa shape index (κ3) is 0.910. The average Bonchev–Trinajstić information content (AvgIpc) is 2.31. The van der Waals surface area contributed by atoms with E-state index >= 15 is 0 Å². The minimum atomic E-state index is -0.156. The van der Waals surface area contributed by atoms with Crippen LogP contribution in [0.2, 0.25) is 0 Å². The van der Waals surface area contributed by atoms with Crippen LogP contribution in [-0.4, -0.2) is 17.0 Å². The van der Waals surface area contributed by atoms with Gasteiger partial charge >= 0.3 is 0 Å². The minimum absolute atomic E-state index is 0.156. The first kappa shape index (κ1) is 7.33. The van der Waals surface area contributed by atoms with Crippen molar-refractivity contribution in [3.8, 4) is 0 Å². The number of nitrogens with zero attached hydrogens (tertiary/aromatic N) is 2. The molecule has 1 aromatic heterocycles. The Balaban J connectivity index is 2.48. The molecule has 5 N–H and O–H groups in total. The van der Waals surface area contributed by atoms with Gasteiger partial charge in [0.25, 0.3) is 0 Å².